The minimum atomic E-state index is -4.33. The molecule has 0 aromatic heterocycles. The first kappa shape index (κ1) is 17.0. The maximum atomic E-state index is 12.7. The Kier molecular flexibility index (Phi) is 6.49. The minimum Gasteiger partial charge on any atom is -0.364 e. The first-order valence-corrected chi connectivity index (χ1v) is 6.90. The van der Waals surface area contributed by atoms with Crippen LogP contribution in [0.1, 0.15) is 38.8 Å². The average molecular weight is 289 g/mol. The van der Waals surface area contributed by atoms with Gasteiger partial charge in [-0.2, -0.15) is 13.2 Å². The second-order valence-corrected chi connectivity index (χ2v) is 4.71. The van der Waals surface area contributed by atoms with Gasteiger partial charge in [-0.05, 0) is 25.5 Å². The number of alkyl halides is 3. The summed E-state index contributed by atoms with van der Waals surface area (Å²) in [6.07, 6.45) is -6.11. The lowest BCUT2D eigenvalue weighted by atomic mass is 9.99. The zero-order valence-electron chi connectivity index (χ0n) is 12.1. The van der Waals surface area contributed by atoms with Gasteiger partial charge in [0, 0.05) is 0 Å². The summed E-state index contributed by atoms with van der Waals surface area (Å²) >= 11 is 0. The minimum absolute atomic E-state index is 0.240. The number of ether oxygens (including phenoxy) is 1. The SMILES string of the molecule is CCNC(c1ccccc1)C(CC)OC(C)C(F)(F)F. The molecule has 114 valence electrons. The standard InChI is InChI=1S/C15H22F3NO/c1-4-13(20-11(3)15(16,17)18)14(19-5-2)12-9-7-6-8-10-12/h6-11,13-14,19H,4-5H2,1-3H3. The molecular formula is C15H22F3NO. The van der Waals surface area contributed by atoms with Gasteiger partial charge in [0.15, 0.2) is 6.10 Å². The maximum Gasteiger partial charge on any atom is 0.414 e. The molecule has 0 bridgehead atoms. The van der Waals surface area contributed by atoms with Gasteiger partial charge < -0.3 is 10.1 Å². The number of likely N-dealkylation sites (N-methyl/N-ethyl adjacent to an activating group) is 1. The second-order valence-electron chi connectivity index (χ2n) is 4.71. The quantitative estimate of drug-likeness (QED) is 0.816. The molecule has 0 aliphatic carbocycles. The first-order valence-electron chi connectivity index (χ1n) is 6.90. The first-order chi connectivity index (χ1) is 9.40. The van der Waals surface area contributed by atoms with Crippen LogP contribution in [0.15, 0.2) is 30.3 Å². The van der Waals surface area contributed by atoms with Crippen LogP contribution in [0.25, 0.3) is 0 Å². The fraction of sp³-hybridized carbons (Fsp3) is 0.600. The molecule has 0 fully saturated rings. The molecule has 0 spiro atoms. The molecule has 0 amide bonds. The Morgan fingerprint density at radius 2 is 1.75 bits per heavy atom. The van der Waals surface area contributed by atoms with Gasteiger partial charge in [-0.3, -0.25) is 0 Å². The van der Waals surface area contributed by atoms with E-state index in [4.69, 9.17) is 4.74 Å². The summed E-state index contributed by atoms with van der Waals surface area (Å²) in [5.74, 6) is 0. The van der Waals surface area contributed by atoms with Crippen molar-refractivity contribution in [1.82, 2.24) is 5.32 Å². The van der Waals surface area contributed by atoms with Crippen LogP contribution in [0.3, 0.4) is 0 Å². The highest BCUT2D eigenvalue weighted by Gasteiger charge is 2.39. The lowest BCUT2D eigenvalue weighted by molar-refractivity contribution is -0.230. The number of halogens is 3. The van der Waals surface area contributed by atoms with E-state index in [1.807, 2.05) is 44.2 Å². The van der Waals surface area contributed by atoms with E-state index in [0.29, 0.717) is 13.0 Å². The molecule has 1 rings (SSSR count). The van der Waals surface area contributed by atoms with Gasteiger partial charge in [0.1, 0.15) is 0 Å². The lowest BCUT2D eigenvalue weighted by Gasteiger charge is -2.30. The van der Waals surface area contributed by atoms with E-state index in [1.165, 1.54) is 0 Å². The van der Waals surface area contributed by atoms with E-state index in [-0.39, 0.29) is 6.04 Å². The molecule has 1 aromatic carbocycles. The van der Waals surface area contributed by atoms with Crippen molar-refractivity contribution in [1.29, 1.82) is 0 Å². The summed E-state index contributed by atoms with van der Waals surface area (Å²) in [6, 6.07) is 9.19. The second kappa shape index (κ2) is 7.64. The molecule has 3 atom stereocenters. The number of hydrogen-bond acceptors (Lipinski definition) is 2. The van der Waals surface area contributed by atoms with Crippen molar-refractivity contribution in [2.45, 2.75) is 51.6 Å². The van der Waals surface area contributed by atoms with Crippen molar-refractivity contribution in [3.63, 3.8) is 0 Å². The molecule has 0 aliphatic heterocycles. The summed E-state index contributed by atoms with van der Waals surface area (Å²) in [7, 11) is 0. The smallest absolute Gasteiger partial charge is 0.364 e. The van der Waals surface area contributed by atoms with Crippen LogP contribution in [0.2, 0.25) is 0 Å². The van der Waals surface area contributed by atoms with Crippen molar-refractivity contribution in [2.75, 3.05) is 6.54 Å². The molecule has 0 saturated carbocycles. The number of rotatable bonds is 7. The molecule has 0 saturated heterocycles. The van der Waals surface area contributed by atoms with Crippen molar-refractivity contribution in [3.8, 4) is 0 Å². The predicted molar refractivity (Wildman–Crippen MR) is 73.5 cm³/mol. The fourth-order valence-corrected chi connectivity index (χ4v) is 2.09. The molecule has 1 aromatic rings. The highest BCUT2D eigenvalue weighted by atomic mass is 19.4. The van der Waals surface area contributed by atoms with E-state index in [1.54, 1.807) is 0 Å². The third-order valence-corrected chi connectivity index (χ3v) is 3.20. The zero-order valence-corrected chi connectivity index (χ0v) is 12.1. The van der Waals surface area contributed by atoms with Crippen LogP contribution in [-0.4, -0.2) is 24.9 Å². The van der Waals surface area contributed by atoms with Gasteiger partial charge >= 0.3 is 6.18 Å². The molecular weight excluding hydrogens is 267 g/mol. The van der Waals surface area contributed by atoms with Gasteiger partial charge in [0.2, 0.25) is 0 Å². The molecule has 0 aliphatic rings. The van der Waals surface area contributed by atoms with Gasteiger partial charge in [-0.25, -0.2) is 0 Å². The molecule has 2 nitrogen and oxygen atoms in total. The number of nitrogens with one attached hydrogen (secondary N) is 1. The molecule has 20 heavy (non-hydrogen) atoms. The average Bonchev–Trinajstić information content (AvgIpc) is 2.42. The largest absolute Gasteiger partial charge is 0.414 e. The Labute approximate surface area is 118 Å². The Balaban J connectivity index is 2.87. The van der Waals surface area contributed by atoms with Crippen LogP contribution < -0.4 is 5.32 Å². The third kappa shape index (κ3) is 4.80. The van der Waals surface area contributed by atoms with Gasteiger partial charge in [-0.15, -0.1) is 0 Å². The van der Waals surface area contributed by atoms with E-state index >= 15 is 0 Å². The Bertz CT molecular complexity index is 380. The molecule has 3 unspecified atom stereocenters. The summed E-state index contributed by atoms with van der Waals surface area (Å²) in [6.45, 7) is 5.48. The van der Waals surface area contributed by atoms with Crippen molar-refractivity contribution in [2.24, 2.45) is 0 Å². The lowest BCUT2D eigenvalue weighted by Crippen LogP contribution is -2.39. The molecule has 1 N–H and O–H groups in total. The Morgan fingerprint density at radius 1 is 1.15 bits per heavy atom. The maximum absolute atomic E-state index is 12.7. The van der Waals surface area contributed by atoms with E-state index < -0.39 is 18.4 Å². The summed E-state index contributed by atoms with van der Waals surface area (Å²) in [5, 5.41) is 3.21. The summed E-state index contributed by atoms with van der Waals surface area (Å²) in [5.41, 5.74) is 0.940. The van der Waals surface area contributed by atoms with Crippen molar-refractivity contribution in [3.05, 3.63) is 35.9 Å². The monoisotopic (exact) mass is 289 g/mol. The normalized spacial score (nSPS) is 16.7. The zero-order chi connectivity index (χ0) is 15.2. The highest BCUT2D eigenvalue weighted by Crippen LogP contribution is 2.28. The summed E-state index contributed by atoms with van der Waals surface area (Å²) < 4.78 is 43.2. The predicted octanol–water partition coefficient (Wildman–Crippen LogP) is 4.08. The highest BCUT2D eigenvalue weighted by molar-refractivity contribution is 5.20. The van der Waals surface area contributed by atoms with Crippen LogP contribution in [0.4, 0.5) is 13.2 Å². The molecule has 0 heterocycles. The molecule has 5 heteroatoms. The van der Waals surface area contributed by atoms with Crippen LogP contribution in [0, 0.1) is 0 Å². The summed E-state index contributed by atoms with van der Waals surface area (Å²) in [4.78, 5) is 0. The number of benzene rings is 1. The van der Waals surface area contributed by atoms with Crippen LogP contribution in [-0.2, 0) is 4.74 Å². The van der Waals surface area contributed by atoms with E-state index in [2.05, 4.69) is 5.32 Å². The van der Waals surface area contributed by atoms with Crippen molar-refractivity contribution < 1.29 is 17.9 Å². The van der Waals surface area contributed by atoms with Crippen LogP contribution in [0.5, 0.6) is 0 Å². The van der Waals surface area contributed by atoms with Gasteiger partial charge in [-0.1, -0.05) is 44.2 Å². The topological polar surface area (TPSA) is 21.3 Å². The van der Waals surface area contributed by atoms with Gasteiger partial charge in [0.25, 0.3) is 0 Å². The Morgan fingerprint density at radius 3 is 2.20 bits per heavy atom. The van der Waals surface area contributed by atoms with Crippen molar-refractivity contribution >= 4 is 0 Å². The van der Waals surface area contributed by atoms with Gasteiger partial charge in [0.05, 0.1) is 12.1 Å². The number of hydrogen-bond donors (Lipinski definition) is 1. The van der Waals surface area contributed by atoms with E-state index in [9.17, 15) is 13.2 Å². The van der Waals surface area contributed by atoms with Crippen LogP contribution >= 0.6 is 0 Å². The Hall–Kier alpha value is -1.07. The molecule has 0 radical (unpaired) electrons. The fourth-order valence-electron chi connectivity index (χ4n) is 2.09. The third-order valence-electron chi connectivity index (χ3n) is 3.20. The van der Waals surface area contributed by atoms with E-state index in [0.717, 1.165) is 12.5 Å².